The number of hydrogen-bond acceptors (Lipinski definition) is 9. The van der Waals surface area contributed by atoms with Crippen molar-refractivity contribution in [3.8, 4) is 11.8 Å². The normalized spacial score (nSPS) is 19.5. The summed E-state index contributed by atoms with van der Waals surface area (Å²) in [5.74, 6) is 0.739. The summed E-state index contributed by atoms with van der Waals surface area (Å²) >= 11 is 0. The number of benzene rings is 1. The number of alkyl carbamates (subject to hydrolysis) is 1. The number of carbonyl (C=O) groups excluding carboxylic acids is 2. The van der Waals surface area contributed by atoms with E-state index in [0.717, 1.165) is 11.3 Å². The zero-order valence-corrected chi connectivity index (χ0v) is 20.3. The Morgan fingerprint density at radius 1 is 1.23 bits per heavy atom. The monoisotopic (exact) mass is 485 g/mol. The number of nitrogens with one attached hydrogen (secondary N) is 3. The molecule has 1 aliphatic rings. The number of nitriles is 1. The molecule has 0 aliphatic carbocycles. The predicted molar refractivity (Wildman–Crippen MR) is 125 cm³/mol. The summed E-state index contributed by atoms with van der Waals surface area (Å²) in [6, 6.07) is 9.30. The van der Waals surface area contributed by atoms with E-state index in [-0.39, 0.29) is 12.6 Å². The van der Waals surface area contributed by atoms with E-state index in [2.05, 4.69) is 20.8 Å². The molecule has 0 saturated carbocycles. The van der Waals surface area contributed by atoms with Crippen LogP contribution in [0.5, 0.6) is 5.75 Å². The van der Waals surface area contributed by atoms with Crippen molar-refractivity contribution < 1.29 is 28.5 Å². The zero-order chi connectivity index (χ0) is 25.4. The lowest BCUT2D eigenvalue weighted by Gasteiger charge is -2.26. The molecule has 35 heavy (non-hydrogen) atoms. The lowest BCUT2D eigenvalue weighted by Crippen LogP contribution is -2.43. The van der Waals surface area contributed by atoms with Crippen molar-refractivity contribution in [1.29, 1.82) is 5.26 Å². The first-order valence-corrected chi connectivity index (χ1v) is 11.3. The van der Waals surface area contributed by atoms with Crippen molar-refractivity contribution in [3.63, 3.8) is 0 Å². The number of ether oxygens (including phenoxy) is 4. The minimum atomic E-state index is -0.827. The third-order valence-corrected chi connectivity index (χ3v) is 5.32. The molecule has 3 N–H and O–H groups in total. The van der Waals surface area contributed by atoms with E-state index in [0.29, 0.717) is 30.6 Å². The van der Waals surface area contributed by atoms with Crippen LogP contribution >= 0.6 is 0 Å². The van der Waals surface area contributed by atoms with Crippen LogP contribution < -0.4 is 15.4 Å². The van der Waals surface area contributed by atoms with Crippen molar-refractivity contribution in [1.82, 2.24) is 20.8 Å². The lowest BCUT2D eigenvalue weighted by atomic mass is 10.0. The molecule has 2 aromatic rings. The van der Waals surface area contributed by atoms with E-state index < -0.39 is 30.1 Å². The predicted octanol–water partition coefficient (Wildman–Crippen LogP) is 2.46. The third kappa shape index (κ3) is 7.61. The number of rotatable bonds is 8. The van der Waals surface area contributed by atoms with Gasteiger partial charge in [-0.25, -0.2) is 9.59 Å². The maximum atomic E-state index is 12.6. The quantitative estimate of drug-likeness (QED) is 0.480. The van der Waals surface area contributed by atoms with Gasteiger partial charge in [0.25, 0.3) is 0 Å². The summed E-state index contributed by atoms with van der Waals surface area (Å²) in [4.78, 5) is 24.9. The fourth-order valence-corrected chi connectivity index (χ4v) is 3.68. The number of nitrogens with zero attached hydrogens (tertiary/aromatic N) is 2. The molecule has 188 valence electrons. The van der Waals surface area contributed by atoms with Crippen molar-refractivity contribution in [2.24, 2.45) is 0 Å². The van der Waals surface area contributed by atoms with Gasteiger partial charge in [0.2, 0.25) is 0 Å². The molecular weight excluding hydrogens is 454 g/mol. The molecular formula is C24H31N5O6. The second-order valence-electron chi connectivity index (χ2n) is 9.11. The van der Waals surface area contributed by atoms with Crippen LogP contribution in [0.3, 0.4) is 0 Å². The van der Waals surface area contributed by atoms with Gasteiger partial charge in [0.05, 0.1) is 30.6 Å². The summed E-state index contributed by atoms with van der Waals surface area (Å²) < 4.78 is 21.7. The summed E-state index contributed by atoms with van der Waals surface area (Å²) in [5, 5.41) is 21.6. The van der Waals surface area contributed by atoms with E-state index in [1.807, 2.05) is 30.3 Å². The average Bonchev–Trinajstić information content (AvgIpc) is 3.40. The molecule has 1 fully saturated rings. The first-order valence-electron chi connectivity index (χ1n) is 11.3. The fraction of sp³-hybridized carbons (Fsp3) is 0.500. The molecule has 3 rings (SSSR count). The highest BCUT2D eigenvalue weighted by Crippen LogP contribution is 2.22. The zero-order valence-electron chi connectivity index (χ0n) is 20.3. The topological polar surface area (TPSA) is 148 Å². The molecule has 0 unspecified atom stereocenters. The van der Waals surface area contributed by atoms with E-state index >= 15 is 0 Å². The smallest absolute Gasteiger partial charge is 0.497 e. The van der Waals surface area contributed by atoms with Crippen LogP contribution in [0.15, 0.2) is 30.5 Å². The van der Waals surface area contributed by atoms with Gasteiger partial charge in [0.15, 0.2) is 12.2 Å². The number of aromatic amines is 1. The third-order valence-electron chi connectivity index (χ3n) is 5.32. The molecule has 0 radical (unpaired) electrons. The SMILES string of the molecule is COc1ccc(C[C@H]2NC[C@H](OC(=O)OC(C)(C)C)[C@H]2OC(=O)NCCc2[nH]ncc2C#N)cc1. The first-order chi connectivity index (χ1) is 16.7. The Morgan fingerprint density at radius 3 is 2.63 bits per heavy atom. The van der Waals surface area contributed by atoms with Crippen molar-refractivity contribution in [2.45, 2.75) is 57.5 Å². The maximum Gasteiger partial charge on any atom is 0.509 e. The Bertz CT molecular complexity index is 1040. The summed E-state index contributed by atoms with van der Waals surface area (Å²) in [5.41, 5.74) is 1.33. The number of aromatic nitrogens is 2. The molecule has 2 heterocycles. The van der Waals surface area contributed by atoms with Gasteiger partial charge in [-0.1, -0.05) is 12.1 Å². The first kappa shape index (κ1) is 25.8. The molecule has 1 amide bonds. The van der Waals surface area contributed by atoms with Crippen molar-refractivity contribution in [2.75, 3.05) is 20.2 Å². The molecule has 0 bridgehead atoms. The van der Waals surface area contributed by atoms with Gasteiger partial charge in [0, 0.05) is 19.5 Å². The number of amides is 1. The molecule has 0 spiro atoms. The van der Waals surface area contributed by atoms with Crippen LogP contribution in [0.25, 0.3) is 0 Å². The Kier molecular flexibility index (Phi) is 8.54. The number of carbonyl (C=O) groups is 2. The van der Waals surface area contributed by atoms with Gasteiger partial charge < -0.3 is 29.6 Å². The molecule has 11 nitrogen and oxygen atoms in total. The maximum absolute atomic E-state index is 12.6. The minimum Gasteiger partial charge on any atom is -0.497 e. The van der Waals surface area contributed by atoms with Gasteiger partial charge in [-0.2, -0.15) is 10.4 Å². The summed E-state index contributed by atoms with van der Waals surface area (Å²) in [7, 11) is 1.60. The van der Waals surface area contributed by atoms with Crippen LogP contribution in [0, 0.1) is 11.3 Å². The standard InChI is InChI=1S/C24H31N5O6/c1-24(2,3)35-23(31)33-20-14-27-19(11-15-5-7-17(32-4)8-6-15)21(20)34-22(30)26-10-9-18-16(12-25)13-28-29-18/h5-8,13,19-21,27H,9-11,14H2,1-4H3,(H,26,30)(H,28,29)/t19-,20+,21+/m1/s1. The molecule has 1 aromatic carbocycles. The summed E-state index contributed by atoms with van der Waals surface area (Å²) in [6.45, 7) is 5.76. The number of methoxy groups -OCH3 is 1. The van der Waals surface area contributed by atoms with Crippen molar-refractivity contribution in [3.05, 3.63) is 47.3 Å². The average molecular weight is 486 g/mol. The number of H-pyrrole nitrogens is 1. The Labute approximate surface area is 204 Å². The molecule has 3 atom stereocenters. The van der Waals surface area contributed by atoms with E-state index in [1.54, 1.807) is 27.9 Å². The largest absolute Gasteiger partial charge is 0.509 e. The second kappa shape index (κ2) is 11.6. The molecule has 1 saturated heterocycles. The highest BCUT2D eigenvalue weighted by molar-refractivity contribution is 5.67. The highest BCUT2D eigenvalue weighted by atomic mass is 16.7. The highest BCUT2D eigenvalue weighted by Gasteiger charge is 2.42. The molecule has 1 aliphatic heterocycles. The minimum absolute atomic E-state index is 0.233. The van der Waals surface area contributed by atoms with Gasteiger partial charge in [-0.3, -0.25) is 5.10 Å². The van der Waals surface area contributed by atoms with Crippen LogP contribution in [-0.4, -0.2) is 66.5 Å². The second-order valence-corrected chi connectivity index (χ2v) is 9.11. The molecule has 1 aromatic heterocycles. The van der Waals surface area contributed by atoms with Gasteiger partial charge in [-0.15, -0.1) is 0 Å². The van der Waals surface area contributed by atoms with Gasteiger partial charge in [-0.05, 0) is 44.9 Å². The summed E-state index contributed by atoms with van der Waals surface area (Å²) in [6.07, 6.45) is -0.603. The van der Waals surface area contributed by atoms with Gasteiger partial charge in [0.1, 0.15) is 17.4 Å². The Morgan fingerprint density at radius 2 is 1.97 bits per heavy atom. The Balaban J connectivity index is 1.63. The van der Waals surface area contributed by atoms with Gasteiger partial charge >= 0.3 is 12.2 Å². The van der Waals surface area contributed by atoms with Crippen LogP contribution in [0.2, 0.25) is 0 Å². The van der Waals surface area contributed by atoms with Crippen molar-refractivity contribution >= 4 is 12.2 Å². The van der Waals surface area contributed by atoms with Crippen LogP contribution in [0.4, 0.5) is 9.59 Å². The van der Waals surface area contributed by atoms with Crippen LogP contribution in [0.1, 0.15) is 37.6 Å². The Hall–Kier alpha value is -3.78. The number of hydrogen-bond donors (Lipinski definition) is 3. The lowest BCUT2D eigenvalue weighted by molar-refractivity contribution is -0.0517. The van der Waals surface area contributed by atoms with E-state index in [1.165, 1.54) is 6.20 Å². The molecule has 11 heteroatoms. The van der Waals surface area contributed by atoms with E-state index in [4.69, 9.17) is 24.2 Å². The fourth-order valence-electron chi connectivity index (χ4n) is 3.68. The van der Waals surface area contributed by atoms with Crippen LogP contribution in [-0.2, 0) is 27.1 Å². The van der Waals surface area contributed by atoms with E-state index in [9.17, 15) is 9.59 Å².